The van der Waals surface area contributed by atoms with Crippen molar-refractivity contribution in [1.29, 1.82) is 0 Å². The molecular formula is C12H17NO. The number of rotatable bonds is 4. The molecule has 76 valence electrons. The number of methoxy groups -OCH3 is 1. The minimum absolute atomic E-state index is 0.0250. The van der Waals surface area contributed by atoms with Crippen LogP contribution in [-0.2, 0) is 0 Å². The second-order valence-electron chi connectivity index (χ2n) is 3.38. The maximum Gasteiger partial charge on any atom is 0.123 e. The Morgan fingerprint density at radius 3 is 2.86 bits per heavy atom. The molecule has 1 rings (SSSR count). The van der Waals surface area contributed by atoms with E-state index in [2.05, 4.69) is 6.58 Å². The lowest BCUT2D eigenvalue weighted by atomic mass is 10.0. The Bertz CT molecular complexity index is 320. The van der Waals surface area contributed by atoms with E-state index in [1.807, 2.05) is 31.2 Å². The highest BCUT2D eigenvalue weighted by molar-refractivity contribution is 5.39. The van der Waals surface area contributed by atoms with Gasteiger partial charge in [0.15, 0.2) is 0 Å². The predicted molar refractivity (Wildman–Crippen MR) is 59.5 cm³/mol. The first-order chi connectivity index (χ1) is 6.69. The van der Waals surface area contributed by atoms with Crippen LogP contribution in [0.3, 0.4) is 0 Å². The highest BCUT2D eigenvalue weighted by atomic mass is 16.5. The lowest BCUT2D eigenvalue weighted by Crippen LogP contribution is -2.10. The molecule has 1 aromatic carbocycles. The van der Waals surface area contributed by atoms with Gasteiger partial charge in [0.25, 0.3) is 0 Å². The van der Waals surface area contributed by atoms with Crippen LogP contribution in [0.2, 0.25) is 0 Å². The summed E-state index contributed by atoms with van der Waals surface area (Å²) < 4.78 is 5.28. The van der Waals surface area contributed by atoms with Gasteiger partial charge in [0.05, 0.1) is 7.11 Å². The highest BCUT2D eigenvalue weighted by Gasteiger charge is 2.09. The van der Waals surface area contributed by atoms with Crippen LogP contribution in [0.5, 0.6) is 5.75 Å². The average Bonchev–Trinajstić information content (AvgIpc) is 2.17. The van der Waals surface area contributed by atoms with E-state index in [1.54, 1.807) is 7.11 Å². The van der Waals surface area contributed by atoms with Crippen molar-refractivity contribution in [2.45, 2.75) is 19.4 Å². The summed E-state index contributed by atoms with van der Waals surface area (Å²) in [6.45, 7) is 5.71. The number of ether oxygens (including phenoxy) is 1. The summed E-state index contributed by atoms with van der Waals surface area (Å²) in [5, 5.41) is 0. The molecule has 0 aliphatic rings. The average molecular weight is 191 g/mol. The molecule has 1 atom stereocenters. The molecular weight excluding hydrogens is 174 g/mol. The van der Waals surface area contributed by atoms with Crippen LogP contribution in [0.25, 0.3) is 0 Å². The first-order valence-electron chi connectivity index (χ1n) is 4.70. The quantitative estimate of drug-likeness (QED) is 0.742. The molecule has 0 bridgehead atoms. The summed E-state index contributed by atoms with van der Waals surface area (Å²) in [7, 11) is 1.67. The zero-order valence-electron chi connectivity index (χ0n) is 8.79. The van der Waals surface area contributed by atoms with Crippen molar-refractivity contribution in [2.24, 2.45) is 5.73 Å². The molecule has 0 fully saturated rings. The second-order valence-corrected chi connectivity index (χ2v) is 3.38. The molecule has 0 heterocycles. The van der Waals surface area contributed by atoms with Gasteiger partial charge in [-0.25, -0.2) is 0 Å². The van der Waals surface area contributed by atoms with E-state index < -0.39 is 0 Å². The van der Waals surface area contributed by atoms with E-state index >= 15 is 0 Å². The Kier molecular flexibility index (Phi) is 3.72. The fourth-order valence-electron chi connectivity index (χ4n) is 1.43. The van der Waals surface area contributed by atoms with E-state index in [0.29, 0.717) is 0 Å². The van der Waals surface area contributed by atoms with Crippen LogP contribution in [0, 0.1) is 6.92 Å². The fraction of sp³-hybridized carbons (Fsp3) is 0.333. The third-order valence-corrected chi connectivity index (χ3v) is 2.21. The van der Waals surface area contributed by atoms with Gasteiger partial charge in [-0.2, -0.15) is 0 Å². The predicted octanol–water partition coefficient (Wildman–Crippen LogP) is 2.58. The molecule has 0 radical (unpaired) electrons. The number of nitrogens with two attached hydrogens (primary N) is 1. The summed E-state index contributed by atoms with van der Waals surface area (Å²) in [6.07, 6.45) is 2.59. The Balaban J connectivity index is 3.00. The normalized spacial score (nSPS) is 12.2. The number of hydrogen-bond acceptors (Lipinski definition) is 2. The second kappa shape index (κ2) is 4.82. The molecule has 2 nitrogen and oxygen atoms in total. The minimum atomic E-state index is -0.0250. The third kappa shape index (κ3) is 2.36. The zero-order valence-corrected chi connectivity index (χ0v) is 8.79. The van der Waals surface area contributed by atoms with Crippen LogP contribution in [0.1, 0.15) is 23.6 Å². The number of aryl methyl sites for hydroxylation is 1. The van der Waals surface area contributed by atoms with Gasteiger partial charge >= 0.3 is 0 Å². The van der Waals surface area contributed by atoms with Crippen molar-refractivity contribution in [3.05, 3.63) is 42.0 Å². The monoisotopic (exact) mass is 191 g/mol. The van der Waals surface area contributed by atoms with Gasteiger partial charge in [-0.3, -0.25) is 0 Å². The lowest BCUT2D eigenvalue weighted by Gasteiger charge is -2.14. The van der Waals surface area contributed by atoms with Crippen molar-refractivity contribution < 1.29 is 4.74 Å². The molecule has 0 saturated carbocycles. The van der Waals surface area contributed by atoms with Gasteiger partial charge in [0.1, 0.15) is 5.75 Å². The molecule has 0 amide bonds. The van der Waals surface area contributed by atoms with Crippen LogP contribution in [0.15, 0.2) is 30.9 Å². The van der Waals surface area contributed by atoms with Gasteiger partial charge in [-0.1, -0.05) is 18.2 Å². The molecule has 0 aliphatic carbocycles. The molecule has 1 unspecified atom stereocenters. The van der Waals surface area contributed by atoms with Crippen LogP contribution in [-0.4, -0.2) is 7.11 Å². The smallest absolute Gasteiger partial charge is 0.123 e. The van der Waals surface area contributed by atoms with Gasteiger partial charge in [-0.15, -0.1) is 6.58 Å². The first-order valence-corrected chi connectivity index (χ1v) is 4.70. The maximum atomic E-state index is 5.98. The molecule has 0 spiro atoms. The van der Waals surface area contributed by atoms with Crippen molar-refractivity contribution in [3.8, 4) is 5.75 Å². The fourth-order valence-corrected chi connectivity index (χ4v) is 1.43. The Hall–Kier alpha value is -1.28. The molecule has 2 N–H and O–H groups in total. The van der Waals surface area contributed by atoms with Gasteiger partial charge in [-0.05, 0) is 25.0 Å². The van der Waals surface area contributed by atoms with E-state index in [1.165, 1.54) is 5.56 Å². The van der Waals surface area contributed by atoms with E-state index in [9.17, 15) is 0 Å². The summed E-state index contributed by atoms with van der Waals surface area (Å²) in [4.78, 5) is 0. The topological polar surface area (TPSA) is 35.2 Å². The SMILES string of the molecule is C=CCC(N)c1ccc(C)cc1OC. The van der Waals surface area contributed by atoms with Gasteiger partial charge < -0.3 is 10.5 Å². The molecule has 2 heteroatoms. The van der Waals surface area contributed by atoms with E-state index in [0.717, 1.165) is 17.7 Å². The van der Waals surface area contributed by atoms with Crippen LogP contribution in [0.4, 0.5) is 0 Å². The van der Waals surface area contributed by atoms with Crippen molar-refractivity contribution >= 4 is 0 Å². The van der Waals surface area contributed by atoms with Gasteiger partial charge in [0, 0.05) is 11.6 Å². The zero-order chi connectivity index (χ0) is 10.6. The first kappa shape index (κ1) is 10.8. The van der Waals surface area contributed by atoms with Crippen LogP contribution < -0.4 is 10.5 Å². The molecule has 0 aromatic heterocycles. The lowest BCUT2D eigenvalue weighted by molar-refractivity contribution is 0.405. The summed E-state index contributed by atoms with van der Waals surface area (Å²) in [5.74, 6) is 0.861. The molecule has 1 aromatic rings. The Morgan fingerprint density at radius 2 is 2.29 bits per heavy atom. The molecule has 0 aliphatic heterocycles. The highest BCUT2D eigenvalue weighted by Crippen LogP contribution is 2.26. The number of hydrogen-bond donors (Lipinski definition) is 1. The standard InChI is InChI=1S/C12H17NO/c1-4-5-11(13)10-7-6-9(2)8-12(10)14-3/h4,6-8,11H,1,5,13H2,2-3H3. The Morgan fingerprint density at radius 1 is 1.57 bits per heavy atom. The van der Waals surface area contributed by atoms with E-state index in [4.69, 9.17) is 10.5 Å². The molecule has 14 heavy (non-hydrogen) atoms. The minimum Gasteiger partial charge on any atom is -0.496 e. The van der Waals surface area contributed by atoms with Crippen molar-refractivity contribution in [2.75, 3.05) is 7.11 Å². The summed E-state index contributed by atoms with van der Waals surface area (Å²) >= 11 is 0. The molecule has 0 saturated heterocycles. The maximum absolute atomic E-state index is 5.98. The van der Waals surface area contributed by atoms with Gasteiger partial charge in [0.2, 0.25) is 0 Å². The van der Waals surface area contributed by atoms with Crippen LogP contribution >= 0.6 is 0 Å². The van der Waals surface area contributed by atoms with E-state index in [-0.39, 0.29) is 6.04 Å². The van der Waals surface area contributed by atoms with Crippen molar-refractivity contribution in [1.82, 2.24) is 0 Å². The number of benzene rings is 1. The largest absolute Gasteiger partial charge is 0.496 e. The van der Waals surface area contributed by atoms with Crippen molar-refractivity contribution in [3.63, 3.8) is 0 Å². The summed E-state index contributed by atoms with van der Waals surface area (Å²) in [6, 6.07) is 6.03. The summed E-state index contributed by atoms with van der Waals surface area (Å²) in [5.41, 5.74) is 8.20. The Labute approximate surface area is 85.4 Å². The third-order valence-electron chi connectivity index (χ3n) is 2.21.